The standard InChI is InChI=1S/C31H39N3O4/c1-8-10-12-16-24(5)31(20-9-2,25-17-13-11-14-18-25)33(7)22-27(32-6)28(35)26-19-15-21-34(29(26)36)30(37)38-23(3)4/h1,9-14,16-18,20,22-23,26,28,35H,6,15,19,21H2,2-5,7H3/b12-10-,20-9+,24-16+,27-22-. The van der Waals surface area contributed by atoms with Gasteiger partial charge in [-0.3, -0.25) is 9.79 Å². The monoisotopic (exact) mass is 517 g/mol. The van der Waals surface area contributed by atoms with Crippen LogP contribution in [0.25, 0.3) is 0 Å². The lowest BCUT2D eigenvalue weighted by molar-refractivity contribution is -0.140. The minimum atomic E-state index is -1.26. The molecule has 38 heavy (non-hydrogen) atoms. The number of piperidine rings is 1. The normalized spacial score (nSPS) is 19.4. The van der Waals surface area contributed by atoms with Crippen molar-refractivity contribution in [2.45, 2.75) is 58.3 Å². The lowest BCUT2D eigenvalue weighted by Crippen LogP contribution is -2.49. The molecule has 3 unspecified atom stereocenters. The highest BCUT2D eigenvalue weighted by Crippen LogP contribution is 2.38. The van der Waals surface area contributed by atoms with Crippen LogP contribution < -0.4 is 0 Å². The van der Waals surface area contributed by atoms with Gasteiger partial charge in [-0.2, -0.15) is 0 Å². The van der Waals surface area contributed by atoms with Gasteiger partial charge in [-0.15, -0.1) is 6.42 Å². The molecule has 1 saturated heterocycles. The van der Waals surface area contributed by atoms with Crippen molar-refractivity contribution in [3.63, 3.8) is 0 Å². The van der Waals surface area contributed by atoms with Gasteiger partial charge in [0.05, 0.1) is 17.7 Å². The van der Waals surface area contributed by atoms with E-state index in [4.69, 9.17) is 11.2 Å². The summed E-state index contributed by atoms with van der Waals surface area (Å²) in [4.78, 5) is 32.8. The molecular weight excluding hydrogens is 478 g/mol. The lowest BCUT2D eigenvalue weighted by Gasteiger charge is -2.42. The van der Waals surface area contributed by atoms with Crippen molar-refractivity contribution in [2.75, 3.05) is 13.6 Å². The fraction of sp³-hybridized carbons (Fsp3) is 0.387. The summed E-state index contributed by atoms with van der Waals surface area (Å²) in [5.74, 6) is 1.17. The summed E-state index contributed by atoms with van der Waals surface area (Å²) in [5, 5.41) is 11.3. The van der Waals surface area contributed by atoms with Crippen LogP contribution in [0.15, 0.2) is 83.2 Å². The smallest absolute Gasteiger partial charge is 0.416 e. The Hall–Kier alpha value is -3.89. The molecule has 1 aliphatic rings. The number of aliphatic hydroxyl groups excluding tert-OH is 1. The minimum Gasteiger partial charge on any atom is -0.446 e. The quantitative estimate of drug-likeness (QED) is 0.199. The summed E-state index contributed by atoms with van der Waals surface area (Å²) < 4.78 is 5.22. The average molecular weight is 518 g/mol. The molecule has 7 nitrogen and oxygen atoms in total. The van der Waals surface area contributed by atoms with E-state index >= 15 is 0 Å². The fourth-order valence-electron chi connectivity index (χ4n) is 4.72. The van der Waals surface area contributed by atoms with E-state index in [9.17, 15) is 14.7 Å². The van der Waals surface area contributed by atoms with E-state index in [1.165, 1.54) is 0 Å². The van der Waals surface area contributed by atoms with Crippen LogP contribution in [0.1, 0.15) is 46.1 Å². The van der Waals surface area contributed by atoms with E-state index in [0.717, 1.165) is 16.0 Å². The molecule has 1 fully saturated rings. The number of ether oxygens (including phenoxy) is 1. The van der Waals surface area contributed by atoms with Gasteiger partial charge in [0.15, 0.2) is 0 Å². The molecule has 2 rings (SSSR count). The van der Waals surface area contributed by atoms with Gasteiger partial charge in [0.25, 0.3) is 0 Å². The summed E-state index contributed by atoms with van der Waals surface area (Å²) >= 11 is 0. The zero-order valence-electron chi connectivity index (χ0n) is 23.0. The number of nitrogens with zero attached hydrogens (tertiary/aromatic N) is 3. The molecule has 0 saturated carbocycles. The van der Waals surface area contributed by atoms with Crippen molar-refractivity contribution < 1.29 is 19.4 Å². The van der Waals surface area contributed by atoms with E-state index in [1.807, 2.05) is 68.3 Å². The first kappa shape index (κ1) is 30.3. The zero-order chi connectivity index (χ0) is 28.3. The Morgan fingerprint density at radius 1 is 1.37 bits per heavy atom. The Kier molecular flexibility index (Phi) is 11.3. The van der Waals surface area contributed by atoms with Crippen LogP contribution in [0.3, 0.4) is 0 Å². The molecule has 1 aromatic carbocycles. The van der Waals surface area contributed by atoms with Crippen molar-refractivity contribution in [3.8, 4) is 12.3 Å². The van der Waals surface area contributed by atoms with Gasteiger partial charge in [0.2, 0.25) is 5.91 Å². The Morgan fingerprint density at radius 3 is 2.63 bits per heavy atom. The largest absolute Gasteiger partial charge is 0.446 e. The van der Waals surface area contributed by atoms with Crippen LogP contribution in [-0.4, -0.2) is 59.4 Å². The molecule has 1 aromatic rings. The highest BCUT2D eigenvalue weighted by molar-refractivity contribution is 5.94. The first-order valence-electron chi connectivity index (χ1n) is 12.7. The topological polar surface area (TPSA) is 82.4 Å². The van der Waals surface area contributed by atoms with E-state index in [2.05, 4.69) is 23.7 Å². The number of imide groups is 1. The van der Waals surface area contributed by atoms with Crippen LogP contribution in [0.2, 0.25) is 0 Å². The number of terminal acetylenes is 1. The maximum Gasteiger partial charge on any atom is 0.416 e. The second-order valence-corrected chi connectivity index (χ2v) is 9.45. The first-order valence-corrected chi connectivity index (χ1v) is 12.7. The van der Waals surface area contributed by atoms with Gasteiger partial charge < -0.3 is 14.7 Å². The molecule has 0 bridgehead atoms. The van der Waals surface area contributed by atoms with Crippen molar-refractivity contribution in [3.05, 3.63) is 83.7 Å². The first-order chi connectivity index (χ1) is 18.1. The lowest BCUT2D eigenvalue weighted by atomic mass is 9.81. The van der Waals surface area contributed by atoms with Gasteiger partial charge >= 0.3 is 6.09 Å². The van der Waals surface area contributed by atoms with Gasteiger partial charge in [-0.25, -0.2) is 9.69 Å². The van der Waals surface area contributed by atoms with Gasteiger partial charge in [-0.05, 0) is 64.5 Å². The molecule has 0 radical (unpaired) electrons. The SMILES string of the molecule is C#C/C=C\C=C(/C)C(/C=C/C)(c1ccccc1)N(C)/C=C(\N=C)C(O)C1CCCN(C(=O)OC(C)C)C1=O. The molecule has 7 heteroatoms. The van der Waals surface area contributed by atoms with Crippen LogP contribution >= 0.6 is 0 Å². The Morgan fingerprint density at radius 2 is 2.05 bits per heavy atom. The van der Waals surface area contributed by atoms with Crippen LogP contribution in [-0.2, 0) is 15.1 Å². The second-order valence-electron chi connectivity index (χ2n) is 9.45. The van der Waals surface area contributed by atoms with Gasteiger partial charge in [0, 0.05) is 19.8 Å². The third-order valence-corrected chi connectivity index (χ3v) is 6.55. The number of carbonyl (C=O) groups excluding carboxylic acids is 2. The van der Waals surface area contributed by atoms with Crippen LogP contribution in [0.4, 0.5) is 4.79 Å². The van der Waals surface area contributed by atoms with Crippen molar-refractivity contribution in [1.82, 2.24) is 9.80 Å². The third-order valence-electron chi connectivity index (χ3n) is 6.55. The molecular formula is C31H39N3O4. The molecule has 0 aromatic heterocycles. The summed E-state index contributed by atoms with van der Waals surface area (Å²) in [6.45, 7) is 11.3. The molecule has 1 heterocycles. The predicted octanol–water partition coefficient (Wildman–Crippen LogP) is 5.21. The number of hydrogen-bond donors (Lipinski definition) is 1. The van der Waals surface area contributed by atoms with Gasteiger partial charge in [0.1, 0.15) is 11.6 Å². The van der Waals surface area contributed by atoms with E-state index in [1.54, 1.807) is 32.2 Å². The van der Waals surface area contributed by atoms with E-state index in [-0.39, 0.29) is 18.3 Å². The number of aliphatic imine (C=N–C) groups is 1. The van der Waals surface area contributed by atoms with Crippen LogP contribution in [0.5, 0.6) is 0 Å². The highest BCUT2D eigenvalue weighted by atomic mass is 16.6. The number of likely N-dealkylation sites (N-methyl/N-ethyl adjacent to an activating group) is 1. The number of allylic oxidation sites excluding steroid dienone is 4. The summed E-state index contributed by atoms with van der Waals surface area (Å²) in [7, 11) is 1.88. The van der Waals surface area contributed by atoms with E-state index in [0.29, 0.717) is 12.8 Å². The molecule has 3 atom stereocenters. The summed E-state index contributed by atoms with van der Waals surface area (Å²) in [5.41, 5.74) is 1.41. The maximum absolute atomic E-state index is 13.2. The minimum absolute atomic E-state index is 0.224. The summed E-state index contributed by atoms with van der Waals surface area (Å²) in [6.07, 6.45) is 15.1. The van der Waals surface area contributed by atoms with E-state index < -0.39 is 29.6 Å². The van der Waals surface area contributed by atoms with Gasteiger partial charge in [-0.1, -0.05) is 60.6 Å². The molecule has 1 aliphatic heterocycles. The molecule has 0 spiro atoms. The van der Waals surface area contributed by atoms with Crippen molar-refractivity contribution >= 4 is 18.7 Å². The molecule has 0 aliphatic carbocycles. The number of hydrogen-bond acceptors (Lipinski definition) is 6. The Labute approximate surface area is 226 Å². The molecule has 2 amide bonds. The number of amides is 2. The Balaban J connectivity index is 2.53. The van der Waals surface area contributed by atoms with Crippen molar-refractivity contribution in [1.29, 1.82) is 0 Å². The number of rotatable bonds is 10. The third kappa shape index (κ3) is 6.90. The summed E-state index contributed by atoms with van der Waals surface area (Å²) in [6, 6.07) is 9.91. The van der Waals surface area contributed by atoms with Crippen molar-refractivity contribution in [2.24, 2.45) is 10.9 Å². The average Bonchev–Trinajstić information content (AvgIpc) is 2.90. The number of likely N-dealkylation sites (tertiary alicyclic amines) is 1. The predicted molar refractivity (Wildman–Crippen MR) is 152 cm³/mol. The maximum atomic E-state index is 13.2. The van der Waals surface area contributed by atoms with Crippen LogP contribution in [0, 0.1) is 18.3 Å². The number of carbonyl (C=O) groups is 2. The fourth-order valence-corrected chi connectivity index (χ4v) is 4.72. The number of aliphatic hydroxyl groups is 1. The Bertz CT molecular complexity index is 1140. The number of benzene rings is 1. The molecule has 202 valence electrons. The zero-order valence-corrected chi connectivity index (χ0v) is 23.0. The molecule has 1 N–H and O–H groups in total. The second kappa shape index (κ2) is 14.2. The highest BCUT2D eigenvalue weighted by Gasteiger charge is 2.40.